The van der Waals surface area contributed by atoms with Crippen molar-refractivity contribution in [3.63, 3.8) is 0 Å². The minimum atomic E-state index is 0.201. The van der Waals surface area contributed by atoms with Crippen LogP contribution in [0, 0.1) is 6.92 Å². The quantitative estimate of drug-likeness (QED) is 0.343. The lowest BCUT2D eigenvalue weighted by Crippen LogP contribution is -2.05. The zero-order valence-electron chi connectivity index (χ0n) is 19.0. The van der Waals surface area contributed by atoms with Crippen molar-refractivity contribution in [3.8, 4) is 34.1 Å². The van der Waals surface area contributed by atoms with E-state index in [1.807, 2.05) is 67.6 Å². The highest BCUT2D eigenvalue weighted by molar-refractivity contribution is 5.85. The van der Waals surface area contributed by atoms with E-state index in [1.165, 1.54) is 0 Å². The molecule has 2 aromatic carbocycles. The Hall–Kier alpha value is -4.79. The summed E-state index contributed by atoms with van der Waals surface area (Å²) in [6.07, 6.45) is 3.43. The molecule has 0 unspecified atom stereocenters. The van der Waals surface area contributed by atoms with Gasteiger partial charge < -0.3 is 13.9 Å². The number of methoxy groups -OCH3 is 1. The van der Waals surface area contributed by atoms with Gasteiger partial charge in [0.25, 0.3) is 0 Å². The minimum absolute atomic E-state index is 0.201. The summed E-state index contributed by atoms with van der Waals surface area (Å²) in [5.41, 5.74) is 4.14. The van der Waals surface area contributed by atoms with E-state index < -0.39 is 0 Å². The molecule has 0 N–H and O–H groups in total. The summed E-state index contributed by atoms with van der Waals surface area (Å²) in [6, 6.07) is 19.3. The highest BCUT2D eigenvalue weighted by atomic mass is 16.5. The molecule has 0 spiro atoms. The number of hydrogen-bond donors (Lipinski definition) is 0. The van der Waals surface area contributed by atoms with Gasteiger partial charge in [-0.15, -0.1) is 10.2 Å². The standard InChI is InChI=1S/C26H20N6O3/c1-16-28-14-24(35-16)18-5-3-17(4-6-18)21-9-10-25-29-30-26(32(25)31-21)15-34-23-11-12-27-22-13-19(33-2)7-8-20(22)23/h3-14H,15H2,1-2H3. The molecular weight excluding hydrogens is 444 g/mol. The molecule has 0 fully saturated rings. The Morgan fingerprint density at radius 2 is 1.77 bits per heavy atom. The molecule has 9 nitrogen and oxygen atoms in total. The summed E-state index contributed by atoms with van der Waals surface area (Å²) < 4.78 is 18.7. The average molecular weight is 464 g/mol. The number of pyridine rings is 1. The lowest BCUT2D eigenvalue weighted by atomic mass is 10.1. The van der Waals surface area contributed by atoms with E-state index in [9.17, 15) is 0 Å². The molecule has 172 valence electrons. The fourth-order valence-corrected chi connectivity index (χ4v) is 3.87. The van der Waals surface area contributed by atoms with Gasteiger partial charge >= 0.3 is 0 Å². The predicted octanol–water partition coefficient (Wildman–Crippen LogP) is 4.89. The van der Waals surface area contributed by atoms with Crippen molar-refractivity contribution in [1.29, 1.82) is 0 Å². The second-order valence-corrected chi connectivity index (χ2v) is 7.91. The summed E-state index contributed by atoms with van der Waals surface area (Å²) in [4.78, 5) is 8.56. The molecule has 0 bridgehead atoms. The third-order valence-corrected chi connectivity index (χ3v) is 5.68. The Morgan fingerprint density at radius 1 is 0.914 bits per heavy atom. The number of rotatable bonds is 6. The van der Waals surface area contributed by atoms with Crippen LogP contribution in [0.5, 0.6) is 11.5 Å². The first-order chi connectivity index (χ1) is 17.2. The smallest absolute Gasteiger partial charge is 0.192 e. The molecule has 0 amide bonds. The number of aryl methyl sites for hydroxylation is 1. The van der Waals surface area contributed by atoms with Crippen LogP contribution in [-0.4, -0.2) is 36.9 Å². The number of fused-ring (bicyclic) bond motifs is 2. The highest BCUT2D eigenvalue weighted by Crippen LogP contribution is 2.28. The second-order valence-electron chi connectivity index (χ2n) is 7.91. The molecule has 0 atom stereocenters. The van der Waals surface area contributed by atoms with Crippen LogP contribution in [0.4, 0.5) is 0 Å². The number of ether oxygens (including phenoxy) is 2. The first-order valence-corrected chi connectivity index (χ1v) is 11.0. The molecule has 9 heteroatoms. The number of aromatic nitrogens is 6. The van der Waals surface area contributed by atoms with Crippen LogP contribution in [0.3, 0.4) is 0 Å². The second kappa shape index (κ2) is 8.53. The molecule has 0 radical (unpaired) electrons. The van der Waals surface area contributed by atoms with Gasteiger partial charge in [-0.2, -0.15) is 9.61 Å². The minimum Gasteiger partial charge on any atom is -0.497 e. The van der Waals surface area contributed by atoms with E-state index in [2.05, 4.69) is 20.2 Å². The fraction of sp³-hybridized carbons (Fsp3) is 0.115. The van der Waals surface area contributed by atoms with Crippen molar-refractivity contribution in [2.75, 3.05) is 7.11 Å². The van der Waals surface area contributed by atoms with Crippen LogP contribution < -0.4 is 9.47 Å². The summed E-state index contributed by atoms with van der Waals surface area (Å²) >= 11 is 0. The molecule has 4 heterocycles. The molecule has 0 saturated heterocycles. The molecular formula is C26H20N6O3. The van der Waals surface area contributed by atoms with E-state index >= 15 is 0 Å². The summed E-state index contributed by atoms with van der Waals surface area (Å²) in [5, 5.41) is 14.2. The van der Waals surface area contributed by atoms with E-state index in [4.69, 9.17) is 19.0 Å². The maximum Gasteiger partial charge on any atom is 0.192 e. The van der Waals surface area contributed by atoms with Crippen molar-refractivity contribution in [2.45, 2.75) is 13.5 Å². The molecule has 4 aromatic heterocycles. The Bertz CT molecular complexity index is 1660. The van der Waals surface area contributed by atoms with Gasteiger partial charge in [-0.05, 0) is 30.3 Å². The largest absolute Gasteiger partial charge is 0.497 e. The summed E-state index contributed by atoms with van der Waals surface area (Å²) in [5.74, 6) is 3.40. The van der Waals surface area contributed by atoms with Crippen molar-refractivity contribution in [1.82, 2.24) is 29.8 Å². The Morgan fingerprint density at radius 3 is 2.57 bits per heavy atom. The number of hydrogen-bond acceptors (Lipinski definition) is 8. The lowest BCUT2D eigenvalue weighted by Gasteiger charge is -2.09. The lowest BCUT2D eigenvalue weighted by molar-refractivity contribution is 0.296. The fourth-order valence-electron chi connectivity index (χ4n) is 3.87. The normalized spacial score (nSPS) is 11.3. The van der Waals surface area contributed by atoms with Gasteiger partial charge in [-0.1, -0.05) is 24.3 Å². The monoisotopic (exact) mass is 464 g/mol. The van der Waals surface area contributed by atoms with Crippen molar-refractivity contribution < 1.29 is 13.9 Å². The van der Waals surface area contributed by atoms with Gasteiger partial charge in [-0.3, -0.25) is 4.98 Å². The Kier molecular flexibility index (Phi) is 5.07. The summed E-state index contributed by atoms with van der Waals surface area (Å²) in [6.45, 7) is 2.03. The average Bonchev–Trinajstić information content (AvgIpc) is 3.52. The van der Waals surface area contributed by atoms with Crippen LogP contribution in [0.1, 0.15) is 11.7 Å². The van der Waals surface area contributed by atoms with E-state index in [0.29, 0.717) is 23.1 Å². The molecule has 0 aliphatic rings. The first-order valence-electron chi connectivity index (χ1n) is 11.0. The van der Waals surface area contributed by atoms with Gasteiger partial charge in [0, 0.05) is 35.7 Å². The Balaban J connectivity index is 1.27. The maximum absolute atomic E-state index is 6.10. The van der Waals surface area contributed by atoms with Crippen LogP contribution in [0.25, 0.3) is 39.1 Å². The van der Waals surface area contributed by atoms with Gasteiger partial charge in [-0.25, -0.2) is 4.98 Å². The highest BCUT2D eigenvalue weighted by Gasteiger charge is 2.12. The number of oxazole rings is 1. The van der Waals surface area contributed by atoms with Crippen LogP contribution in [-0.2, 0) is 6.61 Å². The topological polar surface area (TPSA) is 100 Å². The third-order valence-electron chi connectivity index (χ3n) is 5.68. The van der Waals surface area contributed by atoms with Gasteiger partial charge in [0.05, 0.1) is 24.5 Å². The number of nitrogens with zero attached hydrogens (tertiary/aromatic N) is 6. The van der Waals surface area contributed by atoms with Crippen molar-refractivity contribution >= 4 is 16.6 Å². The van der Waals surface area contributed by atoms with Crippen molar-refractivity contribution in [2.24, 2.45) is 0 Å². The van der Waals surface area contributed by atoms with E-state index in [1.54, 1.807) is 24.0 Å². The molecule has 6 aromatic rings. The molecule has 0 saturated carbocycles. The predicted molar refractivity (Wildman–Crippen MR) is 129 cm³/mol. The van der Waals surface area contributed by atoms with Crippen LogP contribution >= 0.6 is 0 Å². The number of benzene rings is 2. The summed E-state index contributed by atoms with van der Waals surface area (Å²) in [7, 11) is 1.63. The zero-order chi connectivity index (χ0) is 23.8. The SMILES string of the molecule is COc1ccc2c(OCc3nnc4ccc(-c5ccc(-c6cnc(C)o6)cc5)nn34)ccnc2c1. The third kappa shape index (κ3) is 3.93. The molecule has 0 aliphatic heterocycles. The van der Waals surface area contributed by atoms with Gasteiger partial charge in [0.1, 0.15) is 18.1 Å². The maximum atomic E-state index is 6.10. The van der Waals surface area contributed by atoms with Gasteiger partial charge in [0.2, 0.25) is 0 Å². The Labute approximate surface area is 200 Å². The van der Waals surface area contributed by atoms with E-state index in [-0.39, 0.29) is 6.61 Å². The first kappa shape index (κ1) is 20.8. The molecule has 6 rings (SSSR count). The van der Waals surface area contributed by atoms with Crippen molar-refractivity contribution in [3.05, 3.63) is 84.8 Å². The van der Waals surface area contributed by atoms with E-state index in [0.717, 1.165) is 39.2 Å². The van der Waals surface area contributed by atoms with Crippen LogP contribution in [0.15, 0.2) is 77.5 Å². The molecule has 0 aliphatic carbocycles. The zero-order valence-corrected chi connectivity index (χ0v) is 19.0. The van der Waals surface area contributed by atoms with Gasteiger partial charge in [0.15, 0.2) is 23.1 Å². The van der Waals surface area contributed by atoms with Crippen LogP contribution in [0.2, 0.25) is 0 Å². The molecule has 35 heavy (non-hydrogen) atoms.